The summed E-state index contributed by atoms with van der Waals surface area (Å²) in [4.78, 5) is 4.85. The molecule has 0 atom stereocenters. The van der Waals surface area contributed by atoms with E-state index in [1.165, 1.54) is 82.7 Å². The van der Waals surface area contributed by atoms with Crippen molar-refractivity contribution in [2.45, 2.75) is 0 Å². The zero-order chi connectivity index (χ0) is 74.5. The van der Waals surface area contributed by atoms with Gasteiger partial charge in [0, 0.05) is 33.8 Å². The van der Waals surface area contributed by atoms with Crippen molar-refractivity contribution >= 4 is 55.7 Å². The third-order valence-corrected chi connectivity index (χ3v) is 21.9. The van der Waals surface area contributed by atoms with Gasteiger partial charge in [-0.15, -0.1) is 0 Å². The van der Waals surface area contributed by atoms with E-state index in [1.807, 2.05) is 0 Å². The average molecular weight is 1430 g/mol. The molecule has 112 heavy (non-hydrogen) atoms. The maximum Gasteiger partial charge on any atom is 0.0540 e. The number of rotatable bonds is 18. The largest absolute Gasteiger partial charge is 0.310 e. The first-order valence-corrected chi connectivity index (χ1v) is 38.5. The second-order valence-corrected chi connectivity index (χ2v) is 28.7. The summed E-state index contributed by atoms with van der Waals surface area (Å²) in [5.41, 5.74) is 34.5. The van der Waals surface area contributed by atoms with Crippen molar-refractivity contribution in [2.24, 2.45) is 0 Å². The summed E-state index contributed by atoms with van der Waals surface area (Å²) in [5.74, 6) is 0. The highest BCUT2D eigenvalue weighted by Crippen LogP contribution is 2.48. The van der Waals surface area contributed by atoms with Crippen LogP contribution in [-0.4, -0.2) is 0 Å². The van der Waals surface area contributed by atoms with Gasteiger partial charge in [-0.3, -0.25) is 0 Å². The van der Waals surface area contributed by atoms with E-state index in [0.717, 1.165) is 106 Å². The summed E-state index contributed by atoms with van der Waals surface area (Å²) in [7, 11) is 0. The first kappa shape index (κ1) is 67.9. The molecular formula is C110H76N2. The third kappa shape index (κ3) is 13.6. The van der Waals surface area contributed by atoms with E-state index in [4.69, 9.17) is 0 Å². The molecule has 0 aromatic heterocycles. The Kier molecular flexibility index (Phi) is 18.5. The average Bonchev–Trinajstić information content (AvgIpc) is 0.774. The predicted molar refractivity (Wildman–Crippen MR) is 476 cm³/mol. The van der Waals surface area contributed by atoms with Gasteiger partial charge in [0.05, 0.1) is 17.1 Å². The van der Waals surface area contributed by atoms with Crippen LogP contribution < -0.4 is 9.80 Å². The van der Waals surface area contributed by atoms with Gasteiger partial charge in [0.15, 0.2) is 0 Å². The molecular weight excluding hydrogens is 1350 g/mol. The first-order valence-electron chi connectivity index (χ1n) is 38.5. The van der Waals surface area contributed by atoms with Gasteiger partial charge in [0.25, 0.3) is 0 Å². The van der Waals surface area contributed by atoms with Crippen molar-refractivity contribution in [3.63, 3.8) is 0 Å². The lowest BCUT2D eigenvalue weighted by atomic mass is 9.90. The molecule has 0 aliphatic carbocycles. The number of fused-ring (bicyclic) bond motifs is 2. The van der Waals surface area contributed by atoms with Gasteiger partial charge in [-0.1, -0.05) is 370 Å². The van der Waals surface area contributed by atoms with E-state index < -0.39 is 0 Å². The van der Waals surface area contributed by atoms with Crippen LogP contribution >= 0.6 is 0 Å². The van der Waals surface area contributed by atoms with Crippen LogP contribution in [0.4, 0.5) is 34.1 Å². The van der Waals surface area contributed by atoms with Crippen LogP contribution in [0.3, 0.4) is 0 Å². The van der Waals surface area contributed by atoms with Crippen molar-refractivity contribution in [3.05, 3.63) is 461 Å². The zero-order valence-electron chi connectivity index (χ0n) is 61.8. The lowest BCUT2D eigenvalue weighted by Gasteiger charge is -2.30. The molecule has 0 bridgehead atoms. The summed E-state index contributed by atoms with van der Waals surface area (Å²) in [5, 5.41) is 4.91. The molecule has 0 spiro atoms. The van der Waals surface area contributed by atoms with Gasteiger partial charge in [0.1, 0.15) is 0 Å². The van der Waals surface area contributed by atoms with Gasteiger partial charge in [0.2, 0.25) is 0 Å². The Morgan fingerprint density at radius 3 is 0.723 bits per heavy atom. The highest BCUT2D eigenvalue weighted by Gasteiger charge is 2.23. The molecule has 0 N–H and O–H groups in total. The highest BCUT2D eigenvalue weighted by atomic mass is 15.2. The fourth-order valence-corrected chi connectivity index (χ4v) is 16.4. The van der Waals surface area contributed by atoms with Crippen molar-refractivity contribution < 1.29 is 0 Å². The number of benzene rings is 19. The Labute approximate surface area is 655 Å². The van der Waals surface area contributed by atoms with E-state index in [-0.39, 0.29) is 0 Å². The predicted octanol–water partition coefficient (Wildman–Crippen LogP) is 30.9. The van der Waals surface area contributed by atoms with Crippen molar-refractivity contribution in [3.8, 4) is 134 Å². The van der Waals surface area contributed by atoms with Crippen LogP contribution in [0.15, 0.2) is 461 Å². The molecule has 0 heterocycles. The fourth-order valence-electron chi connectivity index (χ4n) is 16.4. The van der Waals surface area contributed by atoms with Crippen LogP contribution in [0.5, 0.6) is 0 Å². The Bertz CT molecular complexity index is 6600. The molecule has 0 aliphatic rings. The molecule has 2 heteroatoms. The van der Waals surface area contributed by atoms with Gasteiger partial charge >= 0.3 is 0 Å². The Hall–Kier alpha value is -14.7. The third-order valence-electron chi connectivity index (χ3n) is 21.9. The zero-order valence-corrected chi connectivity index (χ0v) is 61.8. The van der Waals surface area contributed by atoms with Crippen LogP contribution in [0, 0.1) is 0 Å². The number of hydrogen-bond acceptors (Lipinski definition) is 2. The first-order chi connectivity index (χ1) is 55.5. The smallest absolute Gasteiger partial charge is 0.0540 e. The molecule has 19 aromatic rings. The van der Waals surface area contributed by atoms with Crippen molar-refractivity contribution in [1.29, 1.82) is 0 Å². The topological polar surface area (TPSA) is 6.48 Å². The fraction of sp³-hybridized carbons (Fsp3) is 0. The Morgan fingerprint density at radius 1 is 0.116 bits per heavy atom. The minimum absolute atomic E-state index is 1.06. The number of nitrogens with zero attached hydrogens (tertiary/aromatic N) is 2. The summed E-state index contributed by atoms with van der Waals surface area (Å²) < 4.78 is 0. The molecule has 19 rings (SSSR count). The van der Waals surface area contributed by atoms with E-state index in [9.17, 15) is 0 Å². The normalized spacial score (nSPS) is 11.2. The van der Waals surface area contributed by atoms with Crippen LogP contribution in [0.25, 0.3) is 155 Å². The summed E-state index contributed by atoms with van der Waals surface area (Å²) >= 11 is 0. The summed E-state index contributed by atoms with van der Waals surface area (Å²) in [6, 6.07) is 168. The van der Waals surface area contributed by atoms with E-state index in [1.54, 1.807) is 0 Å². The maximum atomic E-state index is 2.43. The summed E-state index contributed by atoms with van der Waals surface area (Å²) in [6.45, 7) is 0. The molecule has 2 nitrogen and oxygen atoms in total. The molecule has 0 fully saturated rings. The molecule has 0 saturated carbocycles. The molecule has 0 saturated heterocycles. The minimum atomic E-state index is 1.06. The molecule has 0 unspecified atom stereocenters. The van der Waals surface area contributed by atoms with Crippen molar-refractivity contribution in [1.82, 2.24) is 0 Å². The van der Waals surface area contributed by atoms with Gasteiger partial charge in [-0.2, -0.15) is 0 Å². The lowest BCUT2D eigenvalue weighted by molar-refractivity contribution is 1.28. The van der Waals surface area contributed by atoms with Crippen LogP contribution in [0.1, 0.15) is 0 Å². The van der Waals surface area contributed by atoms with Gasteiger partial charge in [-0.25, -0.2) is 0 Å². The molecule has 526 valence electrons. The van der Waals surface area contributed by atoms with Crippen LogP contribution in [0.2, 0.25) is 0 Å². The van der Waals surface area contributed by atoms with Gasteiger partial charge in [-0.05, 0) is 229 Å². The van der Waals surface area contributed by atoms with E-state index in [2.05, 4.69) is 471 Å². The van der Waals surface area contributed by atoms with Gasteiger partial charge < -0.3 is 9.80 Å². The maximum absolute atomic E-state index is 2.43. The lowest BCUT2D eigenvalue weighted by Crippen LogP contribution is -2.12. The summed E-state index contributed by atoms with van der Waals surface area (Å²) in [6.07, 6.45) is 0. The molecule has 0 radical (unpaired) electrons. The van der Waals surface area contributed by atoms with Crippen LogP contribution in [-0.2, 0) is 0 Å². The highest BCUT2D eigenvalue weighted by molar-refractivity contribution is 6.06. The second-order valence-electron chi connectivity index (χ2n) is 28.7. The molecule has 19 aromatic carbocycles. The Morgan fingerprint density at radius 2 is 0.330 bits per heavy atom. The SMILES string of the molecule is c1ccc(-c2cccc(-c3ccccc3N(c3ccc(-c4cccc(-c5cccc(-c6cccc7c(-c8cccc(-c9ccc(N(c%10ccccc%10-c%10ccccc%10)c%10ccccc%10-c%10cccc(-c%11ccccc%11)c%10)cc9)c8)cccc67)c5)c4)cc3)c3ccc(-c4cccc(-c5cccc6ccccc56)c4)cc3)c2)cc1. The standard InChI is InChI=1S/C110H76N2/c1-4-27-77(28-5-1)85-36-21-45-94(74-85)104-49-13-15-56-108(104)111(97-67-61-80(62-68-97)87-38-19-42-91(72-87)100-51-24-34-82-33-10-11-47-99(82)100)96-65-59-79(60-66-96)84-35-18-40-89(71-84)90-41-23-44-93(76-90)102-53-26-54-106-101(52-25-55-107(102)106)92-43-20-39-88(73-92)81-63-69-98(70-64-81)112(109-57-16-12-48-103(109)83-31-8-3-9-32-83)110-58-17-14-50-105(110)95-46-22-37-86(75-95)78-29-6-2-7-30-78/h1-76H. The van der Waals surface area contributed by atoms with E-state index >= 15 is 0 Å². The molecule has 0 amide bonds. The molecule has 0 aliphatic heterocycles. The minimum Gasteiger partial charge on any atom is -0.310 e. The van der Waals surface area contributed by atoms with Crippen molar-refractivity contribution in [2.75, 3.05) is 9.80 Å². The second kappa shape index (κ2) is 30.5. The quantitative estimate of drug-likeness (QED) is 0.0845. The number of anilines is 6. The number of para-hydroxylation sites is 3. The monoisotopic (exact) mass is 1420 g/mol. The Balaban J connectivity index is 0.616. The van der Waals surface area contributed by atoms with E-state index in [0.29, 0.717) is 0 Å². The number of hydrogen-bond donors (Lipinski definition) is 0.